The average Bonchev–Trinajstić information content (AvgIpc) is 3.19. The summed E-state index contributed by atoms with van der Waals surface area (Å²) in [6.07, 6.45) is -0.235. The first-order chi connectivity index (χ1) is 15.7. The molecular weight excluding hydrogens is 420 g/mol. The molecule has 1 heterocycles. The maximum absolute atomic E-state index is 6.20. The van der Waals surface area contributed by atoms with Gasteiger partial charge in [-0.05, 0) is 54.8 Å². The van der Waals surface area contributed by atoms with E-state index in [4.69, 9.17) is 26.1 Å². The summed E-state index contributed by atoms with van der Waals surface area (Å²) in [5, 5.41) is 2.97. The van der Waals surface area contributed by atoms with Crippen LogP contribution in [-0.2, 0) is 6.54 Å². The zero-order valence-corrected chi connectivity index (χ0v) is 18.5. The lowest BCUT2D eigenvalue weighted by molar-refractivity contribution is 0.207. The van der Waals surface area contributed by atoms with Crippen LogP contribution in [-0.4, -0.2) is 16.2 Å². The lowest BCUT2D eigenvalue weighted by atomic mass is 10.1. The molecule has 1 aromatic heterocycles. The highest BCUT2D eigenvalue weighted by Gasteiger charge is 2.18. The predicted octanol–water partition coefficient (Wildman–Crippen LogP) is 7.06. The number of hydrogen-bond acceptors (Lipinski definition) is 3. The molecule has 0 fully saturated rings. The van der Waals surface area contributed by atoms with Gasteiger partial charge in [0.25, 0.3) is 0 Å². The SMILES string of the molecule is CC(Oc1ccc(Cl)cc1)c1nc2ccccc2n1CCOc1cccc2ccccc12. The normalized spacial score (nSPS) is 12.2. The zero-order valence-electron chi connectivity index (χ0n) is 17.7. The molecule has 0 radical (unpaired) electrons. The lowest BCUT2D eigenvalue weighted by Gasteiger charge is -2.17. The van der Waals surface area contributed by atoms with Crippen LogP contribution >= 0.6 is 11.6 Å². The van der Waals surface area contributed by atoms with Crippen molar-refractivity contribution >= 4 is 33.4 Å². The van der Waals surface area contributed by atoms with Crippen LogP contribution in [0.1, 0.15) is 18.9 Å². The summed E-state index contributed by atoms with van der Waals surface area (Å²) in [5.41, 5.74) is 2.01. The second-order valence-electron chi connectivity index (χ2n) is 7.65. The summed E-state index contributed by atoms with van der Waals surface area (Å²) in [6, 6.07) is 29.9. The highest BCUT2D eigenvalue weighted by molar-refractivity contribution is 6.30. The van der Waals surface area contributed by atoms with Gasteiger partial charge >= 0.3 is 0 Å². The minimum atomic E-state index is -0.235. The number of aromatic nitrogens is 2. The molecule has 5 heteroatoms. The first-order valence-electron chi connectivity index (χ1n) is 10.7. The van der Waals surface area contributed by atoms with Crippen LogP contribution < -0.4 is 9.47 Å². The highest BCUT2D eigenvalue weighted by Crippen LogP contribution is 2.28. The molecule has 5 aromatic rings. The Morgan fingerprint density at radius 3 is 2.50 bits per heavy atom. The van der Waals surface area contributed by atoms with Gasteiger partial charge in [-0.2, -0.15) is 0 Å². The Balaban J connectivity index is 1.39. The van der Waals surface area contributed by atoms with E-state index in [1.165, 1.54) is 5.39 Å². The largest absolute Gasteiger partial charge is 0.491 e. The van der Waals surface area contributed by atoms with E-state index in [0.29, 0.717) is 18.2 Å². The maximum atomic E-state index is 6.20. The Labute approximate surface area is 192 Å². The van der Waals surface area contributed by atoms with Gasteiger partial charge in [-0.15, -0.1) is 0 Å². The van der Waals surface area contributed by atoms with Crippen LogP contribution in [0.3, 0.4) is 0 Å². The van der Waals surface area contributed by atoms with Crippen molar-refractivity contribution in [2.75, 3.05) is 6.61 Å². The van der Waals surface area contributed by atoms with E-state index in [9.17, 15) is 0 Å². The summed E-state index contributed by atoms with van der Waals surface area (Å²) in [6.45, 7) is 3.19. The standard InChI is InChI=1S/C27H23ClN2O2/c1-19(32-22-15-13-21(28)14-16-22)27-29-24-10-4-5-11-25(24)30(27)17-18-31-26-12-6-8-20-7-2-3-9-23(20)26/h2-16,19H,17-18H2,1H3. The summed E-state index contributed by atoms with van der Waals surface area (Å²) < 4.78 is 14.6. The fourth-order valence-corrected chi connectivity index (χ4v) is 4.10. The van der Waals surface area contributed by atoms with Gasteiger partial charge in [0.05, 0.1) is 17.6 Å². The number of imidazole rings is 1. The molecule has 32 heavy (non-hydrogen) atoms. The van der Waals surface area contributed by atoms with Gasteiger partial charge in [-0.1, -0.05) is 60.1 Å². The molecule has 5 rings (SSSR count). The van der Waals surface area contributed by atoms with Gasteiger partial charge in [-0.25, -0.2) is 4.98 Å². The van der Waals surface area contributed by atoms with Crippen molar-refractivity contribution in [3.63, 3.8) is 0 Å². The van der Waals surface area contributed by atoms with Crippen molar-refractivity contribution < 1.29 is 9.47 Å². The van der Waals surface area contributed by atoms with E-state index >= 15 is 0 Å². The second kappa shape index (κ2) is 8.93. The monoisotopic (exact) mass is 442 g/mol. The first kappa shape index (κ1) is 20.4. The van der Waals surface area contributed by atoms with E-state index in [-0.39, 0.29) is 6.10 Å². The molecule has 160 valence electrons. The average molecular weight is 443 g/mol. The Kier molecular flexibility index (Phi) is 5.70. The van der Waals surface area contributed by atoms with Gasteiger partial charge in [0, 0.05) is 10.4 Å². The number of benzene rings is 4. The van der Waals surface area contributed by atoms with Crippen LogP contribution in [0.4, 0.5) is 0 Å². The van der Waals surface area contributed by atoms with Crippen molar-refractivity contribution in [2.24, 2.45) is 0 Å². The number of nitrogens with zero attached hydrogens (tertiary/aromatic N) is 2. The molecule has 0 saturated carbocycles. The number of halogens is 1. The number of para-hydroxylation sites is 2. The molecule has 4 nitrogen and oxygen atoms in total. The van der Waals surface area contributed by atoms with Crippen molar-refractivity contribution in [3.05, 3.63) is 102 Å². The molecule has 0 aliphatic rings. The van der Waals surface area contributed by atoms with E-state index in [1.807, 2.05) is 73.7 Å². The van der Waals surface area contributed by atoms with Gasteiger partial charge < -0.3 is 14.0 Å². The second-order valence-corrected chi connectivity index (χ2v) is 8.09. The van der Waals surface area contributed by atoms with E-state index in [1.54, 1.807) is 0 Å². The zero-order chi connectivity index (χ0) is 21.9. The third kappa shape index (κ3) is 4.14. The van der Waals surface area contributed by atoms with E-state index in [0.717, 1.165) is 33.7 Å². The topological polar surface area (TPSA) is 36.3 Å². The van der Waals surface area contributed by atoms with Crippen LogP contribution in [0.25, 0.3) is 21.8 Å². The smallest absolute Gasteiger partial charge is 0.153 e. The molecule has 0 amide bonds. The minimum Gasteiger partial charge on any atom is -0.491 e. The van der Waals surface area contributed by atoms with Crippen molar-refractivity contribution in [2.45, 2.75) is 19.6 Å². The van der Waals surface area contributed by atoms with Gasteiger partial charge in [0.1, 0.15) is 18.1 Å². The Hall–Kier alpha value is -3.50. The predicted molar refractivity (Wildman–Crippen MR) is 130 cm³/mol. The molecule has 0 bridgehead atoms. The molecule has 0 saturated heterocycles. The van der Waals surface area contributed by atoms with Crippen LogP contribution in [0.15, 0.2) is 91.0 Å². The quantitative estimate of drug-likeness (QED) is 0.270. The van der Waals surface area contributed by atoms with E-state index in [2.05, 4.69) is 28.8 Å². The number of hydrogen-bond donors (Lipinski definition) is 0. The maximum Gasteiger partial charge on any atom is 0.153 e. The molecule has 0 N–H and O–H groups in total. The number of fused-ring (bicyclic) bond motifs is 2. The summed E-state index contributed by atoms with van der Waals surface area (Å²) in [7, 11) is 0. The van der Waals surface area contributed by atoms with Crippen molar-refractivity contribution in [1.29, 1.82) is 0 Å². The molecule has 1 atom stereocenters. The van der Waals surface area contributed by atoms with Gasteiger partial charge in [0.2, 0.25) is 0 Å². The lowest BCUT2D eigenvalue weighted by Crippen LogP contribution is -2.15. The molecule has 0 spiro atoms. The van der Waals surface area contributed by atoms with Crippen molar-refractivity contribution in [3.8, 4) is 11.5 Å². The summed E-state index contributed by atoms with van der Waals surface area (Å²) in [5.74, 6) is 2.51. The first-order valence-corrected chi connectivity index (χ1v) is 11.0. The third-order valence-electron chi connectivity index (χ3n) is 5.50. The Bertz CT molecular complexity index is 1360. The third-order valence-corrected chi connectivity index (χ3v) is 5.75. The Morgan fingerprint density at radius 1 is 0.875 bits per heavy atom. The van der Waals surface area contributed by atoms with E-state index < -0.39 is 0 Å². The molecule has 1 unspecified atom stereocenters. The summed E-state index contributed by atoms with van der Waals surface area (Å²) >= 11 is 6.00. The molecule has 0 aliphatic carbocycles. The summed E-state index contributed by atoms with van der Waals surface area (Å²) in [4.78, 5) is 4.86. The fourth-order valence-electron chi connectivity index (χ4n) is 3.98. The van der Waals surface area contributed by atoms with Crippen molar-refractivity contribution in [1.82, 2.24) is 9.55 Å². The minimum absolute atomic E-state index is 0.235. The number of ether oxygens (including phenoxy) is 2. The van der Waals surface area contributed by atoms with Gasteiger partial charge in [0.15, 0.2) is 11.9 Å². The molecule has 0 aliphatic heterocycles. The van der Waals surface area contributed by atoms with Crippen LogP contribution in [0.5, 0.6) is 11.5 Å². The fraction of sp³-hybridized carbons (Fsp3) is 0.148. The van der Waals surface area contributed by atoms with Gasteiger partial charge in [-0.3, -0.25) is 0 Å². The van der Waals surface area contributed by atoms with Crippen LogP contribution in [0.2, 0.25) is 5.02 Å². The molecule has 4 aromatic carbocycles. The van der Waals surface area contributed by atoms with Crippen LogP contribution in [0, 0.1) is 0 Å². The molecular formula is C27H23ClN2O2. The highest BCUT2D eigenvalue weighted by atomic mass is 35.5. The Morgan fingerprint density at radius 2 is 1.62 bits per heavy atom. The number of rotatable bonds is 7.